The summed E-state index contributed by atoms with van der Waals surface area (Å²) in [5, 5.41) is 11.3. The Morgan fingerprint density at radius 1 is 1.17 bits per heavy atom. The molecule has 2 aromatic rings. The maximum Gasteiger partial charge on any atom is 0.186 e. The molecule has 0 unspecified atom stereocenters. The molecule has 0 saturated carbocycles. The molecule has 2 rings (SSSR count). The van der Waals surface area contributed by atoms with Gasteiger partial charge in [-0.25, -0.2) is 4.98 Å². The van der Waals surface area contributed by atoms with E-state index in [9.17, 15) is 0 Å². The zero-order valence-corrected chi connectivity index (χ0v) is 7.24. The van der Waals surface area contributed by atoms with Crippen LogP contribution < -0.4 is 0 Å². The lowest BCUT2D eigenvalue weighted by Gasteiger charge is -2.01. The van der Waals surface area contributed by atoms with Gasteiger partial charge in [-0.15, -0.1) is 5.10 Å². The van der Waals surface area contributed by atoms with Crippen LogP contribution in [0.15, 0.2) is 0 Å². The number of hydrogen-bond acceptors (Lipinski definition) is 4. The number of hydrogen-bond donors (Lipinski definition) is 0. The highest BCUT2D eigenvalue weighted by atomic mass is 15.5. The Morgan fingerprint density at radius 3 is 2.67 bits per heavy atom. The van der Waals surface area contributed by atoms with Gasteiger partial charge in [0.25, 0.3) is 0 Å². The maximum absolute atomic E-state index is 4.29. The van der Waals surface area contributed by atoms with Gasteiger partial charge in [0.05, 0.1) is 0 Å². The van der Waals surface area contributed by atoms with Gasteiger partial charge >= 0.3 is 0 Å². The molecule has 0 atom stereocenters. The second-order valence-corrected chi connectivity index (χ2v) is 2.78. The molecule has 0 aliphatic heterocycles. The van der Waals surface area contributed by atoms with Crippen LogP contribution in [0.1, 0.15) is 17.1 Å². The molecule has 62 valence electrons. The van der Waals surface area contributed by atoms with Crippen molar-refractivity contribution in [2.75, 3.05) is 0 Å². The van der Waals surface area contributed by atoms with E-state index in [-0.39, 0.29) is 0 Å². The van der Waals surface area contributed by atoms with E-state index in [1.807, 2.05) is 20.8 Å². The van der Waals surface area contributed by atoms with Gasteiger partial charge in [-0.3, -0.25) is 0 Å². The Balaban J connectivity index is 2.97. The molecule has 0 spiro atoms. The molecule has 0 bridgehead atoms. The number of rotatable bonds is 0. The van der Waals surface area contributed by atoms with Crippen molar-refractivity contribution in [3.8, 4) is 0 Å². The monoisotopic (exact) mass is 163 g/mol. The molecular weight excluding hydrogens is 154 g/mol. The minimum absolute atomic E-state index is 0.792. The van der Waals surface area contributed by atoms with E-state index in [4.69, 9.17) is 0 Å². The standard InChI is InChI=1S/C7H9N5/c1-4-5(2)8-6(3)12-7(4)9-10-11-12/h1-3H3. The molecule has 0 aliphatic rings. The lowest BCUT2D eigenvalue weighted by Crippen LogP contribution is -2.02. The molecule has 2 heterocycles. The topological polar surface area (TPSA) is 56.0 Å². The van der Waals surface area contributed by atoms with Crippen molar-refractivity contribution in [1.29, 1.82) is 0 Å². The van der Waals surface area contributed by atoms with Crippen molar-refractivity contribution < 1.29 is 0 Å². The van der Waals surface area contributed by atoms with Crippen LogP contribution in [-0.4, -0.2) is 25.0 Å². The van der Waals surface area contributed by atoms with Crippen molar-refractivity contribution in [2.45, 2.75) is 20.8 Å². The van der Waals surface area contributed by atoms with Crippen molar-refractivity contribution in [2.24, 2.45) is 0 Å². The number of nitrogens with zero attached hydrogens (tertiary/aromatic N) is 5. The predicted molar refractivity (Wildman–Crippen MR) is 42.8 cm³/mol. The van der Waals surface area contributed by atoms with Gasteiger partial charge in [0, 0.05) is 11.3 Å². The van der Waals surface area contributed by atoms with Crippen LogP contribution in [0.2, 0.25) is 0 Å². The summed E-state index contributed by atoms with van der Waals surface area (Å²) in [7, 11) is 0. The fraction of sp³-hybridized carbons (Fsp3) is 0.429. The molecule has 2 aromatic heterocycles. The molecule has 0 amide bonds. The third kappa shape index (κ3) is 0.792. The van der Waals surface area contributed by atoms with Crippen LogP contribution in [0.25, 0.3) is 5.65 Å². The highest BCUT2D eigenvalue weighted by Gasteiger charge is 2.07. The highest BCUT2D eigenvalue weighted by Crippen LogP contribution is 2.09. The van der Waals surface area contributed by atoms with Crippen molar-refractivity contribution in [1.82, 2.24) is 25.0 Å². The third-order valence-electron chi connectivity index (χ3n) is 1.98. The summed E-state index contributed by atoms with van der Waals surface area (Å²) in [5.74, 6) is 0.818. The number of tetrazole rings is 1. The fourth-order valence-electron chi connectivity index (χ4n) is 1.17. The zero-order chi connectivity index (χ0) is 8.72. The third-order valence-corrected chi connectivity index (χ3v) is 1.98. The number of fused-ring (bicyclic) bond motifs is 1. The van der Waals surface area contributed by atoms with Gasteiger partial charge in [-0.1, -0.05) is 0 Å². The molecule has 12 heavy (non-hydrogen) atoms. The first-order valence-corrected chi connectivity index (χ1v) is 3.72. The molecule has 5 heteroatoms. The minimum atomic E-state index is 0.792. The normalized spacial score (nSPS) is 10.9. The van der Waals surface area contributed by atoms with E-state index < -0.39 is 0 Å². The first-order chi connectivity index (χ1) is 5.70. The lowest BCUT2D eigenvalue weighted by atomic mass is 10.2. The first kappa shape index (κ1) is 7.15. The molecule has 0 radical (unpaired) electrons. The van der Waals surface area contributed by atoms with Crippen LogP contribution in [0, 0.1) is 20.8 Å². The van der Waals surface area contributed by atoms with Crippen LogP contribution >= 0.6 is 0 Å². The Hall–Kier alpha value is -1.52. The lowest BCUT2D eigenvalue weighted by molar-refractivity contribution is 0.775. The number of aryl methyl sites for hydroxylation is 3. The molecule has 0 N–H and O–H groups in total. The zero-order valence-electron chi connectivity index (χ0n) is 7.24. The van der Waals surface area contributed by atoms with E-state index in [0.717, 1.165) is 22.7 Å². The number of aromatic nitrogens is 5. The van der Waals surface area contributed by atoms with Gasteiger partial charge in [-0.05, 0) is 31.2 Å². The SMILES string of the molecule is Cc1nc(C)n2nnnc2c1C. The summed E-state index contributed by atoms with van der Waals surface area (Å²) in [6.07, 6.45) is 0. The Kier molecular flexibility index (Phi) is 1.33. The summed E-state index contributed by atoms with van der Waals surface area (Å²) >= 11 is 0. The van der Waals surface area contributed by atoms with Gasteiger partial charge in [0.15, 0.2) is 5.65 Å². The predicted octanol–water partition coefficient (Wildman–Crippen LogP) is 0.445. The summed E-state index contributed by atoms with van der Waals surface area (Å²) in [5.41, 5.74) is 2.81. The van der Waals surface area contributed by atoms with Gasteiger partial charge in [-0.2, -0.15) is 4.52 Å². The van der Waals surface area contributed by atoms with E-state index in [1.54, 1.807) is 4.52 Å². The van der Waals surface area contributed by atoms with E-state index in [1.165, 1.54) is 0 Å². The Bertz CT molecular complexity index is 431. The molecule has 0 aliphatic carbocycles. The maximum atomic E-state index is 4.29. The Labute approximate surface area is 69.4 Å². The van der Waals surface area contributed by atoms with Gasteiger partial charge < -0.3 is 0 Å². The molecule has 0 fully saturated rings. The quantitative estimate of drug-likeness (QED) is 0.565. The second-order valence-electron chi connectivity index (χ2n) is 2.78. The van der Waals surface area contributed by atoms with Crippen molar-refractivity contribution >= 4 is 5.65 Å². The fourth-order valence-corrected chi connectivity index (χ4v) is 1.17. The van der Waals surface area contributed by atoms with Crippen LogP contribution in [0.3, 0.4) is 0 Å². The van der Waals surface area contributed by atoms with E-state index in [0.29, 0.717) is 0 Å². The highest BCUT2D eigenvalue weighted by molar-refractivity contribution is 5.46. The average Bonchev–Trinajstić information content (AvgIpc) is 2.48. The molecular formula is C7H9N5. The second kappa shape index (κ2) is 2.23. The molecule has 5 nitrogen and oxygen atoms in total. The van der Waals surface area contributed by atoms with Gasteiger partial charge in [0.1, 0.15) is 5.82 Å². The van der Waals surface area contributed by atoms with E-state index >= 15 is 0 Å². The smallest absolute Gasteiger partial charge is 0.186 e. The van der Waals surface area contributed by atoms with Crippen LogP contribution in [-0.2, 0) is 0 Å². The Morgan fingerprint density at radius 2 is 1.92 bits per heavy atom. The van der Waals surface area contributed by atoms with Crippen LogP contribution in [0.4, 0.5) is 0 Å². The van der Waals surface area contributed by atoms with Gasteiger partial charge in [0.2, 0.25) is 0 Å². The van der Waals surface area contributed by atoms with Crippen molar-refractivity contribution in [3.63, 3.8) is 0 Å². The molecule has 0 aromatic carbocycles. The minimum Gasteiger partial charge on any atom is -0.238 e. The summed E-state index contributed by atoms with van der Waals surface area (Å²) in [4.78, 5) is 4.29. The first-order valence-electron chi connectivity index (χ1n) is 3.72. The average molecular weight is 163 g/mol. The summed E-state index contributed by atoms with van der Waals surface area (Å²) < 4.78 is 1.64. The summed E-state index contributed by atoms with van der Waals surface area (Å²) in [6.45, 7) is 5.81. The largest absolute Gasteiger partial charge is 0.238 e. The van der Waals surface area contributed by atoms with E-state index in [2.05, 4.69) is 20.5 Å². The van der Waals surface area contributed by atoms with Crippen molar-refractivity contribution in [3.05, 3.63) is 17.1 Å². The van der Waals surface area contributed by atoms with Crippen LogP contribution in [0.5, 0.6) is 0 Å². The summed E-state index contributed by atoms with van der Waals surface area (Å²) in [6, 6.07) is 0. The molecule has 0 saturated heterocycles.